The number of benzene rings is 2. The summed E-state index contributed by atoms with van der Waals surface area (Å²) in [5.41, 5.74) is 12.5. The largest absolute Gasteiger partial charge is 0.344 e. The molecule has 4 bridgehead atoms. The van der Waals surface area contributed by atoms with Crippen LogP contribution >= 0.6 is 0 Å². The lowest BCUT2D eigenvalue weighted by atomic mass is 9.94. The van der Waals surface area contributed by atoms with Crippen molar-refractivity contribution in [3.05, 3.63) is 89.0 Å². The van der Waals surface area contributed by atoms with Gasteiger partial charge in [-0.1, -0.05) is 24.6 Å². The summed E-state index contributed by atoms with van der Waals surface area (Å²) in [6.07, 6.45) is 10.0. The van der Waals surface area contributed by atoms with Crippen LogP contribution in [0.5, 0.6) is 0 Å². The van der Waals surface area contributed by atoms with Gasteiger partial charge in [0.1, 0.15) is 17.0 Å². The Hall–Kier alpha value is -5.16. The average molecular weight is 711 g/mol. The number of rotatable bonds is 3. The van der Waals surface area contributed by atoms with E-state index in [-0.39, 0.29) is 36.0 Å². The highest BCUT2D eigenvalue weighted by Gasteiger charge is 2.41. The van der Waals surface area contributed by atoms with Gasteiger partial charge in [0, 0.05) is 53.7 Å². The van der Waals surface area contributed by atoms with Gasteiger partial charge in [0.25, 0.3) is 11.8 Å². The number of hydrogen-bond donors (Lipinski definition) is 2. The molecule has 1 saturated heterocycles. The van der Waals surface area contributed by atoms with Gasteiger partial charge in [-0.25, -0.2) is 14.4 Å². The first-order chi connectivity index (χ1) is 25.8. The molecule has 53 heavy (non-hydrogen) atoms. The molecule has 10 rings (SSSR count). The molecule has 0 unspecified atom stereocenters. The maximum absolute atomic E-state index is 16.3. The number of nitrogens with one attached hydrogen (secondary N) is 1. The van der Waals surface area contributed by atoms with Crippen molar-refractivity contribution in [1.29, 1.82) is 0 Å². The van der Waals surface area contributed by atoms with E-state index >= 15 is 4.39 Å². The predicted octanol–water partition coefficient (Wildman–Crippen LogP) is 7.24. The van der Waals surface area contributed by atoms with Crippen LogP contribution in [0.2, 0.25) is 0 Å². The quantitative estimate of drug-likeness (QED) is 0.200. The highest BCUT2D eigenvalue weighted by atomic mass is 19.1. The van der Waals surface area contributed by atoms with Crippen LogP contribution in [0, 0.1) is 11.7 Å². The van der Waals surface area contributed by atoms with Gasteiger partial charge in [-0.15, -0.1) is 0 Å². The first-order valence-electron chi connectivity index (χ1n) is 19.3. The summed E-state index contributed by atoms with van der Waals surface area (Å²) in [5, 5.41) is 5.12. The molecule has 0 spiro atoms. The van der Waals surface area contributed by atoms with Gasteiger partial charge in [0.05, 0.1) is 34.0 Å². The fourth-order valence-electron chi connectivity index (χ4n) is 9.33. The Morgan fingerprint density at radius 2 is 1.81 bits per heavy atom. The van der Waals surface area contributed by atoms with Gasteiger partial charge >= 0.3 is 0 Å². The topological polar surface area (TPSA) is 124 Å². The van der Waals surface area contributed by atoms with Crippen LogP contribution < -0.4 is 11.1 Å². The van der Waals surface area contributed by atoms with E-state index in [4.69, 9.17) is 15.7 Å². The van der Waals surface area contributed by atoms with Crippen LogP contribution in [0.4, 0.5) is 4.39 Å². The summed E-state index contributed by atoms with van der Waals surface area (Å²) >= 11 is 0. The summed E-state index contributed by atoms with van der Waals surface area (Å²) in [5.74, 6) is 0.417. The second-order valence-corrected chi connectivity index (χ2v) is 15.7. The molecule has 4 aliphatic rings. The normalized spacial score (nSPS) is 23.5. The Morgan fingerprint density at radius 1 is 0.962 bits per heavy atom. The van der Waals surface area contributed by atoms with Crippen molar-refractivity contribution < 1.29 is 14.0 Å². The van der Waals surface area contributed by atoms with Crippen molar-refractivity contribution in [3.63, 3.8) is 0 Å². The number of carbonyl (C=O) groups excluding carboxylic acids is 2. The van der Waals surface area contributed by atoms with E-state index in [0.717, 1.165) is 96.7 Å². The van der Waals surface area contributed by atoms with Gasteiger partial charge < -0.3 is 25.1 Å². The number of likely N-dealkylation sites (tertiary alicyclic amines) is 1. The van der Waals surface area contributed by atoms with E-state index in [1.165, 1.54) is 6.07 Å². The minimum Gasteiger partial charge on any atom is -0.344 e. The van der Waals surface area contributed by atoms with E-state index in [0.29, 0.717) is 47.0 Å². The number of nitrogens with two attached hydrogens (primary N) is 1. The Bertz CT molecular complexity index is 2460. The van der Waals surface area contributed by atoms with E-state index in [1.807, 2.05) is 30.0 Å². The van der Waals surface area contributed by atoms with Crippen LogP contribution in [0.25, 0.3) is 44.5 Å². The van der Waals surface area contributed by atoms with Gasteiger partial charge in [-0.05, 0) is 106 Å². The Morgan fingerprint density at radius 3 is 2.68 bits per heavy atom. The zero-order valence-corrected chi connectivity index (χ0v) is 29.9. The van der Waals surface area contributed by atoms with Crippen LogP contribution in [-0.4, -0.2) is 59.4 Å². The molecule has 2 aromatic carbocycles. The number of amides is 2. The number of aryl methyl sites for hydroxylation is 2. The fourth-order valence-corrected chi connectivity index (χ4v) is 9.33. The van der Waals surface area contributed by atoms with Crippen molar-refractivity contribution in [2.24, 2.45) is 11.7 Å². The molecule has 2 aliphatic heterocycles. The highest BCUT2D eigenvalue weighted by molar-refractivity contribution is 6.07. The van der Waals surface area contributed by atoms with Gasteiger partial charge in [-0.3, -0.25) is 14.6 Å². The molecule has 6 aromatic rings. The molecule has 6 heterocycles. The van der Waals surface area contributed by atoms with Gasteiger partial charge in [-0.2, -0.15) is 0 Å². The number of piperidine rings is 1. The van der Waals surface area contributed by atoms with Crippen molar-refractivity contribution in [3.8, 4) is 11.5 Å². The summed E-state index contributed by atoms with van der Waals surface area (Å²) < 4.78 is 20.6. The van der Waals surface area contributed by atoms with E-state index < -0.39 is 5.82 Å². The predicted molar refractivity (Wildman–Crippen MR) is 202 cm³/mol. The third kappa shape index (κ3) is 5.42. The molecule has 3 N–H and O–H groups in total. The Balaban J connectivity index is 1.05. The van der Waals surface area contributed by atoms with E-state index in [9.17, 15) is 9.59 Å². The fraction of sp³-hybridized carbons (Fsp3) is 0.405. The van der Waals surface area contributed by atoms with Crippen molar-refractivity contribution >= 4 is 44.8 Å². The number of imidazole rings is 1. The summed E-state index contributed by atoms with van der Waals surface area (Å²) in [7, 11) is 0. The molecule has 2 amide bonds. The van der Waals surface area contributed by atoms with Crippen molar-refractivity contribution in [2.45, 2.75) is 95.4 Å². The number of nitrogens with zero attached hydrogens (tertiary/aromatic N) is 6. The minimum atomic E-state index is -0.424. The molecule has 2 aliphatic carbocycles. The minimum absolute atomic E-state index is 0.0430. The Kier molecular flexibility index (Phi) is 7.64. The molecular weight excluding hydrogens is 668 g/mol. The SMILES string of the molecule is C[C@H]1NC(=O)c2c(ccc3cccnc23)CCCCCn2c(-c3nc4cc(C(=O)N5C[C@H](N)[C@@H]6CC[C@H]5C6)cc(F)c4n3C3CC3)cc3ccc1nc32. The molecule has 4 aromatic heterocycles. The maximum Gasteiger partial charge on any atom is 0.254 e. The molecule has 3 fully saturated rings. The van der Waals surface area contributed by atoms with Crippen molar-refractivity contribution in [1.82, 2.24) is 34.3 Å². The van der Waals surface area contributed by atoms with Crippen LogP contribution in [0.3, 0.4) is 0 Å². The lowest BCUT2D eigenvalue weighted by molar-refractivity contribution is 0.0603. The van der Waals surface area contributed by atoms with Crippen LogP contribution in [0.15, 0.2) is 60.8 Å². The van der Waals surface area contributed by atoms with E-state index in [1.54, 1.807) is 12.3 Å². The number of hydrogen-bond acceptors (Lipinski definition) is 6. The molecule has 0 radical (unpaired) electrons. The van der Waals surface area contributed by atoms with Crippen molar-refractivity contribution in [2.75, 3.05) is 6.54 Å². The lowest BCUT2D eigenvalue weighted by Gasteiger charge is -2.37. The molecule has 270 valence electrons. The second-order valence-electron chi connectivity index (χ2n) is 15.7. The smallest absolute Gasteiger partial charge is 0.254 e. The first-order valence-corrected chi connectivity index (χ1v) is 19.3. The Labute approximate surface area is 306 Å². The van der Waals surface area contributed by atoms with Gasteiger partial charge in [0.15, 0.2) is 5.82 Å². The maximum atomic E-state index is 16.3. The van der Waals surface area contributed by atoms with E-state index in [2.05, 4.69) is 43.7 Å². The average Bonchev–Trinajstić information content (AvgIpc) is 3.63. The van der Waals surface area contributed by atoms with Crippen LogP contribution in [-0.2, 0) is 13.0 Å². The third-order valence-corrected chi connectivity index (χ3v) is 12.3. The monoisotopic (exact) mass is 710 g/mol. The number of halogens is 1. The molecule has 2 saturated carbocycles. The number of carbonyl (C=O) groups is 2. The summed E-state index contributed by atoms with van der Waals surface area (Å²) in [6, 6.07) is 17.2. The lowest BCUT2D eigenvalue weighted by Crippen LogP contribution is -2.51. The zero-order valence-electron chi connectivity index (χ0n) is 29.9. The number of aromatic nitrogens is 5. The molecule has 4 atom stereocenters. The highest BCUT2D eigenvalue weighted by Crippen LogP contribution is 2.44. The number of pyridine rings is 2. The zero-order chi connectivity index (χ0) is 36.0. The standard InChI is InChI=1S/C42H43FN8O2/c1-23-33-15-11-27-21-35(49(39(27)47-33)17-4-2-3-6-24-8-9-25-7-5-16-45-37(25)36(24)41(52)46-23)40-48-34-20-28(19-31(43)38(34)51(40)29-13-14-29)42(53)50-22-32(44)26-10-12-30(50)18-26/h5,7-9,11,15-16,19-21,23,26,29-30,32H,2-4,6,10,12-14,17-18,22,44H2,1H3,(H,46,52)/t23-,26-,30+,32+/m1/s1. The summed E-state index contributed by atoms with van der Waals surface area (Å²) in [4.78, 5) is 44.6. The third-order valence-electron chi connectivity index (χ3n) is 12.3. The molecule has 11 heteroatoms. The molecule has 10 nitrogen and oxygen atoms in total. The van der Waals surface area contributed by atoms with Crippen LogP contribution in [0.1, 0.15) is 102 Å². The second kappa shape index (κ2) is 12.5. The molecular formula is C42H43FN8O2. The number of fused-ring (bicyclic) bond motifs is 7. The first kappa shape index (κ1) is 32.5. The summed E-state index contributed by atoms with van der Waals surface area (Å²) in [6.45, 7) is 3.18. The van der Waals surface area contributed by atoms with Gasteiger partial charge in [0.2, 0.25) is 0 Å².